The van der Waals surface area contributed by atoms with Crippen molar-refractivity contribution in [1.29, 1.82) is 0 Å². The average molecular weight is 254 g/mol. The molecule has 1 unspecified atom stereocenters. The lowest BCUT2D eigenvalue weighted by Gasteiger charge is -2.35. The fourth-order valence-electron chi connectivity index (χ4n) is 1.75. The van der Waals surface area contributed by atoms with Gasteiger partial charge in [-0.05, 0) is 0 Å². The first-order chi connectivity index (χ1) is 7.78. The molecular weight excluding hydrogens is 237 g/mol. The van der Waals surface area contributed by atoms with Crippen LogP contribution < -0.4 is 11.5 Å². The number of halogens is 3. The summed E-state index contributed by atoms with van der Waals surface area (Å²) in [6.45, 7) is 1.00. The van der Waals surface area contributed by atoms with Gasteiger partial charge >= 0.3 is 6.18 Å². The average Bonchev–Trinajstić information content (AvgIpc) is 2.18. The van der Waals surface area contributed by atoms with Gasteiger partial charge in [0.05, 0.1) is 12.6 Å². The molecule has 4 N–H and O–H groups in total. The summed E-state index contributed by atoms with van der Waals surface area (Å²) in [7, 11) is 0. The normalized spacial score (nSPS) is 21.4. The molecule has 1 fully saturated rings. The van der Waals surface area contributed by atoms with E-state index in [2.05, 4.69) is 0 Å². The monoisotopic (exact) mass is 254 g/mol. The van der Waals surface area contributed by atoms with Crippen molar-refractivity contribution in [3.63, 3.8) is 0 Å². The van der Waals surface area contributed by atoms with E-state index in [1.807, 2.05) is 4.90 Å². The topological polar surface area (TPSA) is 75.6 Å². The standard InChI is InChI=1S/C9H17F3N4O/c10-9(11,12)6-16-3-1-15(2-4-16)5-7(13)8(14)17/h7H,1-6,13H2,(H2,14,17). The summed E-state index contributed by atoms with van der Waals surface area (Å²) in [5, 5.41) is 0. The molecule has 1 aliphatic heterocycles. The van der Waals surface area contributed by atoms with E-state index in [0.29, 0.717) is 32.7 Å². The number of piperazine rings is 1. The molecule has 1 heterocycles. The maximum Gasteiger partial charge on any atom is 0.401 e. The van der Waals surface area contributed by atoms with Crippen LogP contribution in [0.2, 0.25) is 0 Å². The summed E-state index contributed by atoms with van der Waals surface area (Å²) in [4.78, 5) is 13.9. The van der Waals surface area contributed by atoms with Gasteiger partial charge in [0.15, 0.2) is 0 Å². The Balaban J connectivity index is 2.29. The zero-order chi connectivity index (χ0) is 13.1. The van der Waals surface area contributed by atoms with Gasteiger partial charge in [-0.3, -0.25) is 14.6 Å². The number of nitrogens with two attached hydrogens (primary N) is 2. The predicted octanol–water partition coefficient (Wildman–Crippen LogP) is -1.02. The molecule has 100 valence electrons. The molecule has 0 aromatic rings. The molecule has 0 aliphatic carbocycles. The number of carbonyl (C=O) groups is 1. The van der Waals surface area contributed by atoms with Gasteiger partial charge in [-0.15, -0.1) is 0 Å². The number of nitrogens with zero attached hydrogens (tertiary/aromatic N) is 2. The lowest BCUT2D eigenvalue weighted by molar-refractivity contribution is -0.149. The van der Waals surface area contributed by atoms with E-state index in [9.17, 15) is 18.0 Å². The van der Waals surface area contributed by atoms with Crippen molar-refractivity contribution in [2.75, 3.05) is 39.3 Å². The predicted molar refractivity (Wildman–Crippen MR) is 56.1 cm³/mol. The van der Waals surface area contributed by atoms with Gasteiger partial charge in [0.2, 0.25) is 5.91 Å². The molecule has 0 saturated carbocycles. The maximum atomic E-state index is 12.1. The van der Waals surface area contributed by atoms with Crippen molar-refractivity contribution in [2.45, 2.75) is 12.2 Å². The van der Waals surface area contributed by atoms with Gasteiger partial charge in [0.25, 0.3) is 0 Å². The number of hydrogen-bond acceptors (Lipinski definition) is 4. The lowest BCUT2D eigenvalue weighted by Crippen LogP contribution is -2.53. The highest BCUT2D eigenvalue weighted by atomic mass is 19.4. The number of alkyl halides is 3. The molecule has 1 amide bonds. The number of primary amides is 1. The molecule has 0 bridgehead atoms. The van der Waals surface area contributed by atoms with E-state index >= 15 is 0 Å². The van der Waals surface area contributed by atoms with Crippen molar-refractivity contribution in [2.24, 2.45) is 11.5 Å². The Bertz CT molecular complexity index is 263. The fourth-order valence-corrected chi connectivity index (χ4v) is 1.75. The molecule has 1 rings (SSSR count). The minimum absolute atomic E-state index is 0.301. The van der Waals surface area contributed by atoms with Crippen LogP contribution in [-0.2, 0) is 4.79 Å². The summed E-state index contributed by atoms with van der Waals surface area (Å²) in [5.74, 6) is -0.595. The fraction of sp³-hybridized carbons (Fsp3) is 0.889. The molecular formula is C9H17F3N4O. The molecule has 1 atom stereocenters. The van der Waals surface area contributed by atoms with Gasteiger partial charge < -0.3 is 11.5 Å². The summed E-state index contributed by atoms with van der Waals surface area (Å²) in [5.41, 5.74) is 10.5. The van der Waals surface area contributed by atoms with Crippen LogP contribution in [0.25, 0.3) is 0 Å². The van der Waals surface area contributed by atoms with Crippen LogP contribution in [0, 0.1) is 0 Å². The van der Waals surface area contributed by atoms with Gasteiger partial charge in [0, 0.05) is 32.7 Å². The van der Waals surface area contributed by atoms with E-state index in [1.165, 1.54) is 4.90 Å². The van der Waals surface area contributed by atoms with E-state index < -0.39 is 24.7 Å². The smallest absolute Gasteiger partial charge is 0.368 e. The highest BCUT2D eigenvalue weighted by Crippen LogP contribution is 2.17. The Labute approximate surface area is 97.5 Å². The second-order valence-corrected chi connectivity index (χ2v) is 4.20. The number of rotatable bonds is 4. The third kappa shape index (κ3) is 5.33. The number of amides is 1. The first-order valence-electron chi connectivity index (χ1n) is 5.34. The maximum absolute atomic E-state index is 12.1. The summed E-state index contributed by atoms with van der Waals surface area (Å²) >= 11 is 0. The first kappa shape index (κ1) is 14.2. The van der Waals surface area contributed by atoms with Crippen LogP contribution in [0.1, 0.15) is 0 Å². The largest absolute Gasteiger partial charge is 0.401 e. The Kier molecular flexibility index (Phi) is 4.72. The number of carbonyl (C=O) groups excluding carboxylic acids is 1. The zero-order valence-electron chi connectivity index (χ0n) is 9.41. The second-order valence-electron chi connectivity index (χ2n) is 4.20. The minimum atomic E-state index is -4.16. The molecule has 5 nitrogen and oxygen atoms in total. The third-order valence-corrected chi connectivity index (χ3v) is 2.69. The number of hydrogen-bond donors (Lipinski definition) is 2. The SMILES string of the molecule is NC(=O)C(N)CN1CCN(CC(F)(F)F)CC1. The van der Waals surface area contributed by atoms with Gasteiger partial charge in [-0.2, -0.15) is 13.2 Å². The highest BCUT2D eigenvalue weighted by molar-refractivity contribution is 5.79. The molecule has 0 aromatic heterocycles. The van der Waals surface area contributed by atoms with E-state index in [1.54, 1.807) is 0 Å². The van der Waals surface area contributed by atoms with Gasteiger partial charge in [-0.1, -0.05) is 0 Å². The Morgan fingerprint density at radius 3 is 2.06 bits per heavy atom. The third-order valence-electron chi connectivity index (χ3n) is 2.69. The Morgan fingerprint density at radius 2 is 1.65 bits per heavy atom. The van der Waals surface area contributed by atoms with Crippen molar-refractivity contribution in [1.82, 2.24) is 9.80 Å². The molecule has 1 saturated heterocycles. The van der Waals surface area contributed by atoms with Crippen molar-refractivity contribution in [3.05, 3.63) is 0 Å². The van der Waals surface area contributed by atoms with Crippen molar-refractivity contribution in [3.8, 4) is 0 Å². The highest BCUT2D eigenvalue weighted by Gasteiger charge is 2.32. The van der Waals surface area contributed by atoms with E-state index in [-0.39, 0.29) is 0 Å². The Hall–Kier alpha value is -0.860. The van der Waals surface area contributed by atoms with Crippen LogP contribution in [0.3, 0.4) is 0 Å². The van der Waals surface area contributed by atoms with Gasteiger partial charge in [-0.25, -0.2) is 0 Å². The molecule has 17 heavy (non-hydrogen) atoms. The summed E-state index contributed by atoms with van der Waals surface area (Å²) in [6, 6.07) is -0.760. The van der Waals surface area contributed by atoms with Crippen molar-refractivity contribution >= 4 is 5.91 Å². The van der Waals surface area contributed by atoms with Crippen molar-refractivity contribution < 1.29 is 18.0 Å². The molecule has 0 radical (unpaired) electrons. The molecule has 1 aliphatic rings. The first-order valence-corrected chi connectivity index (χ1v) is 5.34. The van der Waals surface area contributed by atoms with Crippen LogP contribution in [0.5, 0.6) is 0 Å². The minimum Gasteiger partial charge on any atom is -0.368 e. The molecule has 8 heteroatoms. The molecule has 0 aromatic carbocycles. The lowest BCUT2D eigenvalue weighted by atomic mass is 10.2. The van der Waals surface area contributed by atoms with E-state index in [4.69, 9.17) is 11.5 Å². The van der Waals surface area contributed by atoms with Crippen LogP contribution in [0.15, 0.2) is 0 Å². The van der Waals surface area contributed by atoms with Crippen LogP contribution in [-0.4, -0.2) is 67.2 Å². The summed E-state index contributed by atoms with van der Waals surface area (Å²) in [6.07, 6.45) is -4.16. The Morgan fingerprint density at radius 1 is 1.18 bits per heavy atom. The zero-order valence-corrected chi connectivity index (χ0v) is 9.41. The summed E-state index contributed by atoms with van der Waals surface area (Å²) < 4.78 is 36.4. The van der Waals surface area contributed by atoms with Gasteiger partial charge in [0.1, 0.15) is 0 Å². The van der Waals surface area contributed by atoms with Crippen LogP contribution in [0.4, 0.5) is 13.2 Å². The quantitative estimate of drug-likeness (QED) is 0.673. The molecule has 0 spiro atoms. The van der Waals surface area contributed by atoms with E-state index in [0.717, 1.165) is 0 Å². The van der Waals surface area contributed by atoms with Crippen LogP contribution >= 0.6 is 0 Å². The second kappa shape index (κ2) is 5.65.